The summed E-state index contributed by atoms with van der Waals surface area (Å²) in [6.07, 6.45) is 4.92. The van der Waals surface area contributed by atoms with Gasteiger partial charge >= 0.3 is 6.01 Å². The van der Waals surface area contributed by atoms with Crippen LogP contribution in [-0.4, -0.2) is 70.1 Å². The van der Waals surface area contributed by atoms with Crippen LogP contribution in [0.3, 0.4) is 0 Å². The zero-order valence-electron chi connectivity index (χ0n) is 22.3. The van der Waals surface area contributed by atoms with Gasteiger partial charge in [0.25, 0.3) is 5.91 Å². The van der Waals surface area contributed by atoms with Crippen LogP contribution in [0.2, 0.25) is 0 Å². The molecule has 10 nitrogen and oxygen atoms in total. The largest absolute Gasteiger partial charge is 0.460 e. The van der Waals surface area contributed by atoms with E-state index < -0.39 is 11.7 Å². The Hall–Kier alpha value is -3.83. The molecule has 4 aromatic rings. The maximum atomic E-state index is 14.7. The number of nitrogens with one attached hydrogen (secondary N) is 2. The highest BCUT2D eigenvalue weighted by Crippen LogP contribution is 2.32. The number of nitrogens with zero attached hydrogens (tertiary/aromatic N) is 5. The third kappa shape index (κ3) is 5.24. The molecule has 2 atom stereocenters. The van der Waals surface area contributed by atoms with Crippen molar-refractivity contribution in [3.8, 4) is 6.01 Å². The highest BCUT2D eigenvalue weighted by Gasteiger charge is 2.25. The first-order chi connectivity index (χ1) is 18.8. The number of aromatic nitrogens is 4. The average molecular weight is 534 g/mol. The van der Waals surface area contributed by atoms with Gasteiger partial charge in [-0.15, -0.1) is 0 Å². The van der Waals surface area contributed by atoms with E-state index in [1.54, 1.807) is 36.3 Å². The first kappa shape index (κ1) is 25.4. The summed E-state index contributed by atoms with van der Waals surface area (Å²) in [7, 11) is 1.73. The predicted molar refractivity (Wildman–Crippen MR) is 147 cm³/mol. The Morgan fingerprint density at radius 1 is 1.15 bits per heavy atom. The zero-order valence-corrected chi connectivity index (χ0v) is 22.3. The highest BCUT2D eigenvalue weighted by atomic mass is 19.1. The molecule has 0 bridgehead atoms. The number of carbonyl (C=O) groups excluding carboxylic acids is 1. The van der Waals surface area contributed by atoms with E-state index in [0.29, 0.717) is 47.5 Å². The van der Waals surface area contributed by atoms with Gasteiger partial charge in [0, 0.05) is 79.6 Å². The molecule has 4 heterocycles. The van der Waals surface area contributed by atoms with Gasteiger partial charge in [-0.05, 0) is 38.1 Å². The topological polar surface area (TPSA) is 106 Å². The Bertz CT molecular complexity index is 1520. The van der Waals surface area contributed by atoms with Crippen LogP contribution in [0.25, 0.3) is 21.8 Å². The Morgan fingerprint density at radius 2 is 1.92 bits per heavy atom. The normalized spacial score (nSPS) is 20.5. The third-order valence-electron chi connectivity index (χ3n) is 7.22. The minimum absolute atomic E-state index is 0.0410. The molecule has 39 heavy (non-hydrogen) atoms. The second-order valence-corrected chi connectivity index (χ2v) is 10.5. The molecule has 0 aliphatic carbocycles. The quantitative estimate of drug-likeness (QED) is 0.401. The van der Waals surface area contributed by atoms with Crippen molar-refractivity contribution in [1.29, 1.82) is 0 Å². The molecular formula is C28H32FN7O3. The lowest BCUT2D eigenvalue weighted by molar-refractivity contribution is 0.0218. The molecular weight excluding hydrogens is 501 g/mol. The number of fused-ring (bicyclic) bond motifs is 2. The summed E-state index contributed by atoms with van der Waals surface area (Å²) < 4.78 is 27.7. The molecule has 2 aliphatic heterocycles. The molecule has 1 amide bonds. The van der Waals surface area contributed by atoms with Gasteiger partial charge in [-0.2, -0.15) is 10.1 Å². The molecule has 2 fully saturated rings. The van der Waals surface area contributed by atoms with E-state index in [-0.39, 0.29) is 17.6 Å². The van der Waals surface area contributed by atoms with E-state index in [1.165, 1.54) is 6.07 Å². The molecule has 11 heteroatoms. The summed E-state index contributed by atoms with van der Waals surface area (Å²) in [4.78, 5) is 25.1. The summed E-state index contributed by atoms with van der Waals surface area (Å²) in [5, 5.41) is 11.9. The van der Waals surface area contributed by atoms with Crippen LogP contribution in [0.5, 0.6) is 6.01 Å². The smallest absolute Gasteiger partial charge is 0.317 e. The molecule has 2 saturated heterocycles. The van der Waals surface area contributed by atoms with Crippen molar-refractivity contribution in [2.45, 2.75) is 44.9 Å². The van der Waals surface area contributed by atoms with E-state index in [4.69, 9.17) is 14.5 Å². The summed E-state index contributed by atoms with van der Waals surface area (Å²) in [6.45, 7) is 7.20. The minimum Gasteiger partial charge on any atom is -0.460 e. The lowest BCUT2D eigenvalue weighted by atomic mass is 10.0. The number of aryl methyl sites for hydroxylation is 1. The van der Waals surface area contributed by atoms with E-state index in [9.17, 15) is 9.18 Å². The SMILES string of the molecule is C[C@@H]1CN(c2ccc(C(=O)Nc3cc(F)c4nn(C)cc4c3)c3nc(OC4CCOCC4)ncc23)C[C@H](C)N1. The fourth-order valence-corrected chi connectivity index (χ4v) is 5.55. The van der Waals surface area contributed by atoms with Crippen LogP contribution in [0.15, 0.2) is 36.7 Å². The Labute approximate surface area is 225 Å². The first-order valence-electron chi connectivity index (χ1n) is 13.3. The molecule has 6 rings (SSSR count). The summed E-state index contributed by atoms with van der Waals surface area (Å²) in [6, 6.07) is 7.54. The number of piperazine rings is 1. The number of ether oxygens (including phenoxy) is 2. The summed E-state index contributed by atoms with van der Waals surface area (Å²) >= 11 is 0. The average Bonchev–Trinajstić information content (AvgIpc) is 3.28. The van der Waals surface area contributed by atoms with Gasteiger partial charge in [-0.3, -0.25) is 9.48 Å². The van der Waals surface area contributed by atoms with Gasteiger partial charge in [-0.25, -0.2) is 9.37 Å². The van der Waals surface area contributed by atoms with Gasteiger partial charge in [0.05, 0.1) is 24.3 Å². The molecule has 204 valence electrons. The Morgan fingerprint density at radius 3 is 2.69 bits per heavy atom. The number of benzene rings is 2. The van der Waals surface area contributed by atoms with Crippen LogP contribution < -0.4 is 20.3 Å². The van der Waals surface area contributed by atoms with Crippen molar-refractivity contribution in [1.82, 2.24) is 25.1 Å². The van der Waals surface area contributed by atoms with Crippen molar-refractivity contribution in [3.05, 3.63) is 48.0 Å². The number of carbonyl (C=O) groups is 1. The molecule has 2 aliphatic rings. The number of halogens is 1. The maximum Gasteiger partial charge on any atom is 0.317 e. The molecule has 0 radical (unpaired) electrons. The Balaban J connectivity index is 1.38. The molecule has 0 unspecified atom stereocenters. The van der Waals surface area contributed by atoms with Gasteiger partial charge in [-0.1, -0.05) is 0 Å². The maximum absolute atomic E-state index is 14.7. The van der Waals surface area contributed by atoms with Crippen LogP contribution in [0.1, 0.15) is 37.0 Å². The predicted octanol–water partition coefficient (Wildman–Crippen LogP) is 3.65. The summed E-state index contributed by atoms with van der Waals surface area (Å²) in [5.41, 5.74) is 2.40. The summed E-state index contributed by atoms with van der Waals surface area (Å²) in [5.74, 6) is -0.896. The molecule has 2 aromatic heterocycles. The fourth-order valence-electron chi connectivity index (χ4n) is 5.55. The minimum atomic E-state index is -0.500. The lowest BCUT2D eigenvalue weighted by Gasteiger charge is -2.38. The van der Waals surface area contributed by atoms with Gasteiger partial charge in [0.15, 0.2) is 5.82 Å². The van der Waals surface area contributed by atoms with Crippen molar-refractivity contribution < 1.29 is 18.7 Å². The van der Waals surface area contributed by atoms with Gasteiger partial charge in [0.2, 0.25) is 0 Å². The fraction of sp³-hybridized carbons (Fsp3) is 0.429. The molecule has 2 aromatic carbocycles. The standard InChI is InChI=1S/C28H32FN7O3/c1-16-13-36(14-17(2)31-16)24-5-4-21(26-22(24)12-30-28(33-26)39-20-6-8-38-9-7-20)27(37)32-19-10-18-15-35(3)34-25(18)23(29)11-19/h4-5,10-12,15-17,20,31H,6-9,13-14H2,1-3H3,(H,32,37)/t16-,17+. The first-order valence-corrected chi connectivity index (χ1v) is 13.3. The van der Waals surface area contributed by atoms with E-state index >= 15 is 0 Å². The Kier molecular flexibility index (Phi) is 6.78. The van der Waals surface area contributed by atoms with Crippen molar-refractivity contribution in [2.75, 3.05) is 36.5 Å². The monoisotopic (exact) mass is 533 g/mol. The van der Waals surface area contributed by atoms with Crippen molar-refractivity contribution in [2.24, 2.45) is 7.05 Å². The number of hydrogen-bond donors (Lipinski definition) is 2. The molecule has 0 saturated carbocycles. The van der Waals surface area contributed by atoms with Crippen LogP contribution in [-0.2, 0) is 11.8 Å². The van der Waals surface area contributed by atoms with Crippen molar-refractivity contribution >= 4 is 39.1 Å². The van der Waals surface area contributed by atoms with Crippen LogP contribution in [0.4, 0.5) is 15.8 Å². The second-order valence-electron chi connectivity index (χ2n) is 10.5. The van der Waals surface area contributed by atoms with E-state index in [0.717, 1.165) is 37.0 Å². The number of amides is 1. The van der Waals surface area contributed by atoms with E-state index in [1.807, 2.05) is 6.07 Å². The van der Waals surface area contributed by atoms with Crippen LogP contribution >= 0.6 is 0 Å². The van der Waals surface area contributed by atoms with Crippen molar-refractivity contribution in [3.63, 3.8) is 0 Å². The number of hydrogen-bond acceptors (Lipinski definition) is 8. The van der Waals surface area contributed by atoms with Gasteiger partial charge in [0.1, 0.15) is 11.6 Å². The molecule has 0 spiro atoms. The van der Waals surface area contributed by atoms with E-state index in [2.05, 4.69) is 39.5 Å². The van der Waals surface area contributed by atoms with Crippen LogP contribution in [0, 0.1) is 5.82 Å². The second kappa shape index (κ2) is 10.4. The lowest BCUT2D eigenvalue weighted by Crippen LogP contribution is -2.54. The molecule has 2 N–H and O–H groups in total. The number of rotatable bonds is 5. The third-order valence-corrected chi connectivity index (χ3v) is 7.22. The number of anilines is 2. The highest BCUT2D eigenvalue weighted by molar-refractivity contribution is 6.14. The zero-order chi connectivity index (χ0) is 27.1. The van der Waals surface area contributed by atoms with Gasteiger partial charge < -0.3 is 25.0 Å².